The molecule has 1 aromatic heterocycles. The molecule has 24 heavy (non-hydrogen) atoms. The smallest absolute Gasteiger partial charge is 0.274 e. The first-order chi connectivity index (χ1) is 11.3. The van der Waals surface area contributed by atoms with E-state index in [1.54, 1.807) is 0 Å². The van der Waals surface area contributed by atoms with E-state index in [-0.39, 0.29) is 52.7 Å². The van der Waals surface area contributed by atoms with Crippen LogP contribution in [0.2, 0.25) is 0 Å². The number of carbonyl (C=O) groups excluding carboxylic acids is 1. The Balaban J connectivity index is 1.80. The molecule has 1 amide bonds. The molecule has 5 atom stereocenters. The van der Waals surface area contributed by atoms with Crippen LogP contribution < -0.4 is 10.1 Å². The van der Waals surface area contributed by atoms with E-state index >= 15 is 0 Å². The number of pyridine rings is 1. The number of nitrogens with one attached hydrogen (secondary N) is 1. The average molecular weight is 334 g/mol. The fourth-order valence-electron chi connectivity index (χ4n) is 3.87. The molecule has 6 nitrogen and oxygen atoms in total. The molecule has 1 aliphatic heterocycles. The molecule has 5 unspecified atom stereocenters. The predicted molar refractivity (Wildman–Crippen MR) is 89.1 cm³/mol. The van der Waals surface area contributed by atoms with Gasteiger partial charge in [0.25, 0.3) is 5.91 Å². The number of aromatic nitrogens is 1. The molecule has 1 aliphatic carbocycles. The van der Waals surface area contributed by atoms with Crippen molar-refractivity contribution >= 4 is 5.91 Å². The van der Waals surface area contributed by atoms with Gasteiger partial charge in [-0.3, -0.25) is 4.79 Å². The van der Waals surface area contributed by atoms with Gasteiger partial charge in [-0.05, 0) is 23.7 Å². The lowest BCUT2D eigenvalue weighted by atomic mass is 9.81. The van der Waals surface area contributed by atoms with E-state index in [0.717, 1.165) is 6.42 Å². The number of hydrogen-bond donors (Lipinski definition) is 2. The maximum Gasteiger partial charge on any atom is 0.274 e. The van der Waals surface area contributed by atoms with Gasteiger partial charge in [-0.15, -0.1) is 0 Å². The van der Waals surface area contributed by atoms with Crippen LogP contribution in [0.1, 0.15) is 44.6 Å². The molecule has 3 rings (SSSR count). The number of epoxide rings is 1. The van der Waals surface area contributed by atoms with E-state index in [1.165, 1.54) is 19.4 Å². The Morgan fingerprint density at radius 1 is 1.42 bits per heavy atom. The Morgan fingerprint density at radius 2 is 2.12 bits per heavy atom. The van der Waals surface area contributed by atoms with Crippen molar-refractivity contribution < 1.29 is 19.4 Å². The van der Waals surface area contributed by atoms with Gasteiger partial charge in [0.15, 0.2) is 17.2 Å². The lowest BCUT2D eigenvalue weighted by Gasteiger charge is -2.32. The van der Waals surface area contributed by atoms with Crippen molar-refractivity contribution in [3.8, 4) is 11.5 Å². The molecule has 132 valence electrons. The highest BCUT2D eigenvalue weighted by molar-refractivity contribution is 5.95. The molecule has 0 bridgehead atoms. The van der Waals surface area contributed by atoms with Gasteiger partial charge in [-0.2, -0.15) is 0 Å². The largest absolute Gasteiger partial charge is 0.503 e. The SMILES string of the molecule is COc1ccnc(C(=O)NC2CC(C)(C)C3OC3C(C)C2C)c1O. The second kappa shape index (κ2) is 5.92. The van der Waals surface area contributed by atoms with E-state index in [9.17, 15) is 9.90 Å². The van der Waals surface area contributed by atoms with Crippen molar-refractivity contribution in [1.82, 2.24) is 10.3 Å². The fourth-order valence-corrected chi connectivity index (χ4v) is 3.87. The Bertz CT molecular complexity index is 646. The van der Waals surface area contributed by atoms with Crippen molar-refractivity contribution in [2.45, 2.75) is 52.4 Å². The van der Waals surface area contributed by atoms with Gasteiger partial charge in [-0.1, -0.05) is 27.7 Å². The van der Waals surface area contributed by atoms with Crippen LogP contribution in [0.3, 0.4) is 0 Å². The van der Waals surface area contributed by atoms with Gasteiger partial charge in [0.1, 0.15) is 0 Å². The molecule has 1 saturated carbocycles. The summed E-state index contributed by atoms with van der Waals surface area (Å²) in [6.07, 6.45) is 2.83. The number of methoxy groups -OCH3 is 1. The van der Waals surface area contributed by atoms with E-state index < -0.39 is 0 Å². The van der Waals surface area contributed by atoms with Gasteiger partial charge in [-0.25, -0.2) is 4.98 Å². The summed E-state index contributed by atoms with van der Waals surface area (Å²) in [5.74, 6) is 0.292. The fraction of sp³-hybridized carbons (Fsp3) is 0.667. The first-order valence-corrected chi connectivity index (χ1v) is 8.44. The zero-order chi connectivity index (χ0) is 17.6. The predicted octanol–water partition coefficient (Wildman–Crippen LogP) is 2.36. The molecule has 0 spiro atoms. The molecule has 0 radical (unpaired) electrons. The summed E-state index contributed by atoms with van der Waals surface area (Å²) < 4.78 is 10.9. The van der Waals surface area contributed by atoms with Crippen LogP contribution in [0, 0.1) is 17.3 Å². The number of nitrogens with zero attached hydrogens (tertiary/aromatic N) is 1. The van der Waals surface area contributed by atoms with Gasteiger partial charge < -0.3 is 19.9 Å². The number of carbonyl (C=O) groups is 1. The van der Waals surface area contributed by atoms with Crippen LogP contribution in [0.5, 0.6) is 11.5 Å². The van der Waals surface area contributed by atoms with Gasteiger partial charge in [0.2, 0.25) is 0 Å². The summed E-state index contributed by atoms with van der Waals surface area (Å²) in [7, 11) is 1.45. The monoisotopic (exact) mass is 334 g/mol. The van der Waals surface area contributed by atoms with Crippen LogP contribution in [0.25, 0.3) is 0 Å². The van der Waals surface area contributed by atoms with Crippen molar-refractivity contribution in [2.24, 2.45) is 17.3 Å². The highest BCUT2D eigenvalue weighted by Crippen LogP contribution is 2.50. The lowest BCUT2D eigenvalue weighted by Crippen LogP contribution is -2.44. The number of fused-ring (bicyclic) bond motifs is 1. The second-order valence-electron chi connectivity index (χ2n) is 7.72. The van der Waals surface area contributed by atoms with E-state index in [1.807, 2.05) is 0 Å². The van der Waals surface area contributed by atoms with Crippen LogP contribution >= 0.6 is 0 Å². The summed E-state index contributed by atoms with van der Waals surface area (Å²) in [5, 5.41) is 13.2. The normalized spacial score (nSPS) is 34.0. The summed E-state index contributed by atoms with van der Waals surface area (Å²) in [6, 6.07) is 1.53. The summed E-state index contributed by atoms with van der Waals surface area (Å²) in [6.45, 7) is 8.69. The second-order valence-corrected chi connectivity index (χ2v) is 7.72. The maximum atomic E-state index is 12.6. The number of hydrogen-bond acceptors (Lipinski definition) is 5. The molecule has 1 saturated heterocycles. The van der Waals surface area contributed by atoms with Crippen LogP contribution in [-0.2, 0) is 4.74 Å². The highest BCUT2D eigenvalue weighted by atomic mass is 16.6. The molecule has 2 heterocycles. The molecule has 2 fully saturated rings. The quantitative estimate of drug-likeness (QED) is 0.829. The molecule has 2 N–H and O–H groups in total. The zero-order valence-electron chi connectivity index (χ0n) is 14.9. The Morgan fingerprint density at radius 3 is 2.79 bits per heavy atom. The summed E-state index contributed by atoms with van der Waals surface area (Å²) in [5.41, 5.74) is 0.00328. The Hall–Kier alpha value is -1.82. The lowest BCUT2D eigenvalue weighted by molar-refractivity contribution is 0.0858. The average Bonchev–Trinajstić information content (AvgIpc) is 3.34. The van der Waals surface area contributed by atoms with Crippen LogP contribution in [0.4, 0.5) is 0 Å². The van der Waals surface area contributed by atoms with Gasteiger partial charge >= 0.3 is 0 Å². The van der Waals surface area contributed by atoms with Crippen LogP contribution in [0.15, 0.2) is 12.3 Å². The number of aromatic hydroxyl groups is 1. The third-order valence-electron chi connectivity index (χ3n) is 5.66. The molecule has 1 aromatic rings. The van der Waals surface area contributed by atoms with E-state index in [2.05, 4.69) is 38.0 Å². The van der Waals surface area contributed by atoms with Gasteiger partial charge in [0.05, 0.1) is 19.3 Å². The topological polar surface area (TPSA) is 84.0 Å². The Labute approximate surface area is 142 Å². The summed E-state index contributed by atoms with van der Waals surface area (Å²) >= 11 is 0. The zero-order valence-corrected chi connectivity index (χ0v) is 14.9. The van der Waals surface area contributed by atoms with Crippen LogP contribution in [-0.4, -0.2) is 41.4 Å². The highest BCUT2D eigenvalue weighted by Gasteiger charge is 2.57. The molecular formula is C18H26N2O4. The maximum absolute atomic E-state index is 12.6. The number of ether oxygens (including phenoxy) is 2. The minimum atomic E-state index is -0.372. The number of amides is 1. The third kappa shape index (κ3) is 2.83. The van der Waals surface area contributed by atoms with Crippen molar-refractivity contribution in [3.63, 3.8) is 0 Å². The van der Waals surface area contributed by atoms with E-state index in [0.29, 0.717) is 5.92 Å². The molecule has 6 heteroatoms. The molecular weight excluding hydrogens is 308 g/mol. The van der Waals surface area contributed by atoms with Gasteiger partial charge in [0, 0.05) is 18.3 Å². The van der Waals surface area contributed by atoms with Crippen molar-refractivity contribution in [1.29, 1.82) is 0 Å². The first kappa shape index (κ1) is 17.0. The molecule has 0 aromatic carbocycles. The molecule has 2 aliphatic rings. The minimum absolute atomic E-state index is 0.00216. The minimum Gasteiger partial charge on any atom is -0.503 e. The standard InChI is InChI=1S/C18H26N2O4/c1-9-10(2)15-16(24-15)18(3,4)8-11(9)20-17(22)13-14(21)12(23-5)6-7-19-13/h6-7,9-11,15-16,21H,8H2,1-5H3,(H,20,22). The Kier molecular flexibility index (Phi) is 4.20. The third-order valence-corrected chi connectivity index (χ3v) is 5.66. The van der Waals surface area contributed by atoms with E-state index in [4.69, 9.17) is 9.47 Å². The van der Waals surface area contributed by atoms with Crippen molar-refractivity contribution in [3.05, 3.63) is 18.0 Å². The number of rotatable bonds is 3. The first-order valence-electron chi connectivity index (χ1n) is 8.44. The summed E-state index contributed by atoms with van der Waals surface area (Å²) in [4.78, 5) is 16.7. The van der Waals surface area contributed by atoms with Crippen molar-refractivity contribution in [2.75, 3.05) is 7.11 Å².